The highest BCUT2D eigenvalue weighted by Gasteiger charge is 2.29. The average Bonchev–Trinajstić information content (AvgIpc) is 2.86. The van der Waals surface area contributed by atoms with E-state index in [2.05, 4.69) is 10.6 Å². The van der Waals surface area contributed by atoms with Crippen LogP contribution in [-0.4, -0.2) is 77.9 Å². The van der Waals surface area contributed by atoms with E-state index in [1.807, 2.05) is 18.2 Å². The molecule has 1 saturated carbocycles. The molecule has 1 aliphatic carbocycles. The number of amides is 4. The van der Waals surface area contributed by atoms with Gasteiger partial charge in [0.05, 0.1) is 11.3 Å². The first-order valence-electron chi connectivity index (χ1n) is 12.2. The lowest BCUT2D eigenvalue weighted by atomic mass is 9.89. The van der Waals surface area contributed by atoms with Gasteiger partial charge >= 0.3 is 11.8 Å². The molecule has 3 rings (SSSR count). The van der Waals surface area contributed by atoms with Crippen molar-refractivity contribution in [3.8, 4) is 0 Å². The van der Waals surface area contributed by atoms with Crippen molar-refractivity contribution < 1.29 is 19.2 Å². The summed E-state index contributed by atoms with van der Waals surface area (Å²) in [5.41, 5.74) is 0.560. The predicted octanol–water partition coefficient (Wildman–Crippen LogP) is 2.28. The van der Waals surface area contributed by atoms with E-state index < -0.39 is 11.8 Å². The van der Waals surface area contributed by atoms with Crippen LogP contribution < -0.4 is 10.6 Å². The van der Waals surface area contributed by atoms with Crippen molar-refractivity contribution in [2.24, 2.45) is 5.92 Å². The van der Waals surface area contributed by atoms with E-state index in [-0.39, 0.29) is 23.6 Å². The van der Waals surface area contributed by atoms with Gasteiger partial charge in [0, 0.05) is 43.7 Å². The molecule has 9 heteroatoms. The monoisotopic (exact) mass is 488 g/mol. The summed E-state index contributed by atoms with van der Waals surface area (Å²) in [6.07, 6.45) is 6.17. The molecule has 1 saturated heterocycles. The van der Waals surface area contributed by atoms with Gasteiger partial charge in [-0.3, -0.25) is 19.2 Å². The van der Waals surface area contributed by atoms with Crippen LogP contribution in [0, 0.1) is 5.92 Å². The van der Waals surface area contributed by atoms with Gasteiger partial charge < -0.3 is 20.4 Å². The van der Waals surface area contributed by atoms with Crippen LogP contribution in [0.4, 0.5) is 0 Å². The summed E-state index contributed by atoms with van der Waals surface area (Å²) in [5.74, 6) is -0.452. The SMILES string of the molecule is CC(C)NC(=O)C(=O)N1CCN(C(=O)c2ccccc2SCC(=O)NCC2CCCCC2)CC1. The lowest BCUT2D eigenvalue weighted by Gasteiger charge is -2.34. The zero-order valence-corrected chi connectivity index (χ0v) is 21.0. The number of hydrogen-bond acceptors (Lipinski definition) is 5. The maximum Gasteiger partial charge on any atom is 0.312 e. The van der Waals surface area contributed by atoms with Gasteiger partial charge in [0.1, 0.15) is 0 Å². The number of rotatable bonds is 7. The van der Waals surface area contributed by atoms with Crippen molar-refractivity contribution >= 4 is 35.4 Å². The minimum Gasteiger partial charge on any atom is -0.355 e. The first kappa shape index (κ1) is 26.1. The molecule has 0 radical (unpaired) electrons. The molecule has 1 heterocycles. The van der Waals surface area contributed by atoms with Crippen molar-refractivity contribution in [2.75, 3.05) is 38.5 Å². The molecule has 0 bridgehead atoms. The van der Waals surface area contributed by atoms with Crippen LogP contribution in [0.25, 0.3) is 0 Å². The summed E-state index contributed by atoms with van der Waals surface area (Å²) >= 11 is 1.37. The minimum atomic E-state index is -0.613. The van der Waals surface area contributed by atoms with Crippen LogP contribution in [0.3, 0.4) is 0 Å². The molecule has 0 unspecified atom stereocenters. The fourth-order valence-corrected chi connectivity index (χ4v) is 5.24. The van der Waals surface area contributed by atoms with Crippen LogP contribution >= 0.6 is 11.8 Å². The summed E-state index contributed by atoms with van der Waals surface area (Å²) in [4.78, 5) is 53.8. The fraction of sp³-hybridized carbons (Fsp3) is 0.600. The van der Waals surface area contributed by atoms with E-state index >= 15 is 0 Å². The molecule has 1 aliphatic heterocycles. The molecule has 2 aliphatic rings. The van der Waals surface area contributed by atoms with E-state index in [0.29, 0.717) is 37.7 Å². The first-order valence-corrected chi connectivity index (χ1v) is 13.2. The standard InChI is InChI=1S/C25H36N4O4S/c1-18(2)27-23(31)25(33)29-14-12-28(13-15-29)24(32)20-10-6-7-11-21(20)34-17-22(30)26-16-19-8-4-3-5-9-19/h6-7,10-11,18-19H,3-5,8-9,12-17H2,1-2H3,(H,26,30)(H,27,31). The summed E-state index contributed by atoms with van der Waals surface area (Å²) in [5, 5.41) is 5.66. The Kier molecular flexibility index (Phi) is 9.80. The van der Waals surface area contributed by atoms with E-state index in [9.17, 15) is 19.2 Å². The summed E-state index contributed by atoms with van der Waals surface area (Å²) in [6, 6.07) is 7.21. The molecular formula is C25H36N4O4S. The van der Waals surface area contributed by atoms with E-state index in [1.54, 1.807) is 24.8 Å². The van der Waals surface area contributed by atoms with E-state index in [1.165, 1.54) is 48.8 Å². The van der Waals surface area contributed by atoms with Gasteiger partial charge in [0.15, 0.2) is 0 Å². The van der Waals surface area contributed by atoms with Gasteiger partial charge in [-0.1, -0.05) is 31.4 Å². The van der Waals surface area contributed by atoms with Gasteiger partial charge in [0.25, 0.3) is 5.91 Å². The van der Waals surface area contributed by atoms with E-state index in [4.69, 9.17) is 0 Å². The number of hydrogen-bond donors (Lipinski definition) is 2. The smallest absolute Gasteiger partial charge is 0.312 e. The number of carbonyl (C=O) groups is 4. The highest BCUT2D eigenvalue weighted by Crippen LogP contribution is 2.25. The summed E-state index contributed by atoms with van der Waals surface area (Å²) in [6.45, 7) is 5.69. The van der Waals surface area contributed by atoms with Crippen molar-refractivity contribution in [1.82, 2.24) is 20.4 Å². The number of nitrogens with zero attached hydrogens (tertiary/aromatic N) is 2. The second kappa shape index (κ2) is 12.8. The third kappa shape index (κ3) is 7.48. The molecule has 0 aromatic heterocycles. The van der Waals surface area contributed by atoms with Crippen molar-refractivity contribution in [2.45, 2.75) is 56.9 Å². The predicted molar refractivity (Wildman–Crippen MR) is 133 cm³/mol. The third-order valence-corrected chi connectivity index (χ3v) is 7.33. The van der Waals surface area contributed by atoms with Gasteiger partial charge in [0.2, 0.25) is 5.91 Å². The van der Waals surface area contributed by atoms with Crippen LogP contribution in [0.5, 0.6) is 0 Å². The van der Waals surface area contributed by atoms with Crippen LogP contribution in [0.2, 0.25) is 0 Å². The molecule has 1 aromatic rings. The first-order chi connectivity index (χ1) is 16.3. The van der Waals surface area contributed by atoms with Crippen molar-refractivity contribution in [3.63, 3.8) is 0 Å². The Morgan fingerprint density at radius 2 is 1.62 bits per heavy atom. The molecule has 2 fully saturated rings. The largest absolute Gasteiger partial charge is 0.355 e. The lowest BCUT2D eigenvalue weighted by Crippen LogP contribution is -2.54. The molecule has 8 nitrogen and oxygen atoms in total. The molecule has 186 valence electrons. The Hall–Kier alpha value is -2.55. The Morgan fingerprint density at radius 1 is 0.971 bits per heavy atom. The number of benzene rings is 1. The number of nitrogens with one attached hydrogen (secondary N) is 2. The molecule has 34 heavy (non-hydrogen) atoms. The van der Waals surface area contributed by atoms with Crippen LogP contribution in [0.1, 0.15) is 56.3 Å². The van der Waals surface area contributed by atoms with Gasteiger partial charge in [-0.15, -0.1) is 11.8 Å². The number of piperazine rings is 1. The maximum absolute atomic E-state index is 13.2. The molecule has 0 atom stereocenters. The average molecular weight is 489 g/mol. The highest BCUT2D eigenvalue weighted by atomic mass is 32.2. The molecule has 1 aromatic carbocycles. The number of carbonyl (C=O) groups excluding carboxylic acids is 4. The van der Waals surface area contributed by atoms with E-state index in [0.717, 1.165) is 11.4 Å². The van der Waals surface area contributed by atoms with Gasteiger partial charge in [-0.2, -0.15) is 0 Å². The Bertz CT molecular complexity index is 877. The zero-order valence-electron chi connectivity index (χ0n) is 20.2. The maximum atomic E-state index is 13.2. The second-order valence-corrected chi connectivity index (χ2v) is 10.3. The van der Waals surface area contributed by atoms with Crippen molar-refractivity contribution in [1.29, 1.82) is 0 Å². The molecule has 2 N–H and O–H groups in total. The van der Waals surface area contributed by atoms with Crippen molar-refractivity contribution in [3.05, 3.63) is 29.8 Å². The summed E-state index contributed by atoms with van der Waals surface area (Å²) < 4.78 is 0. The Labute approximate surface area is 206 Å². The zero-order chi connectivity index (χ0) is 24.5. The fourth-order valence-electron chi connectivity index (χ4n) is 4.36. The van der Waals surface area contributed by atoms with Gasteiger partial charge in [-0.25, -0.2) is 0 Å². The summed E-state index contributed by atoms with van der Waals surface area (Å²) in [7, 11) is 0. The molecule has 0 spiro atoms. The second-order valence-electron chi connectivity index (χ2n) is 9.31. The minimum absolute atomic E-state index is 0.00961. The van der Waals surface area contributed by atoms with Gasteiger partial charge in [-0.05, 0) is 44.7 Å². The quantitative estimate of drug-likeness (QED) is 0.453. The number of thioether (sulfide) groups is 1. The lowest BCUT2D eigenvalue weighted by molar-refractivity contribution is -0.147. The van der Waals surface area contributed by atoms with Crippen LogP contribution in [-0.2, 0) is 14.4 Å². The highest BCUT2D eigenvalue weighted by molar-refractivity contribution is 8.00. The van der Waals surface area contributed by atoms with Crippen LogP contribution in [0.15, 0.2) is 29.2 Å². The topological polar surface area (TPSA) is 98.8 Å². The normalized spacial score (nSPS) is 16.9. The molecular weight excluding hydrogens is 452 g/mol. The Balaban J connectivity index is 1.49. The third-order valence-electron chi connectivity index (χ3n) is 6.26. The Morgan fingerprint density at radius 3 is 2.29 bits per heavy atom. The molecule has 4 amide bonds.